The third-order valence-corrected chi connectivity index (χ3v) is 10.1. The molecule has 7 heteroatoms. The van der Waals surface area contributed by atoms with Gasteiger partial charge in [0, 0.05) is 42.9 Å². The Morgan fingerprint density at radius 1 is 1.18 bits per heavy atom. The second kappa shape index (κ2) is 8.56. The van der Waals surface area contributed by atoms with E-state index in [9.17, 15) is 19.8 Å². The zero-order valence-corrected chi connectivity index (χ0v) is 20.9. The summed E-state index contributed by atoms with van der Waals surface area (Å²) in [7, 11) is 2.10. The van der Waals surface area contributed by atoms with Crippen molar-refractivity contribution in [3.05, 3.63) is 23.8 Å². The van der Waals surface area contributed by atoms with E-state index >= 15 is 0 Å². The lowest BCUT2D eigenvalue weighted by molar-refractivity contribution is -0.177. The first-order valence-electron chi connectivity index (χ1n) is 12.4. The highest BCUT2D eigenvalue weighted by Gasteiger charge is 2.68. The molecule has 0 aromatic heterocycles. The van der Waals surface area contributed by atoms with Crippen LogP contribution in [0.25, 0.3) is 0 Å². The molecule has 7 atom stereocenters. The number of halogens is 1. The van der Waals surface area contributed by atoms with Gasteiger partial charge in [-0.25, -0.2) is 0 Å². The van der Waals surface area contributed by atoms with Crippen molar-refractivity contribution in [3.63, 3.8) is 0 Å². The maximum absolute atomic E-state index is 13.5. The van der Waals surface area contributed by atoms with Crippen LogP contribution in [0.3, 0.4) is 0 Å². The zero-order valence-electron chi connectivity index (χ0n) is 20.1. The number of carbonyl (C=O) groups excluding carboxylic acids is 2. The zero-order chi connectivity index (χ0) is 22.9. The molecule has 4 aliphatic carbocycles. The van der Waals surface area contributed by atoms with Gasteiger partial charge in [0.05, 0.1) is 12.6 Å². The van der Waals surface area contributed by atoms with Gasteiger partial charge in [0.1, 0.15) is 5.60 Å². The van der Waals surface area contributed by atoms with Crippen molar-refractivity contribution in [1.82, 2.24) is 9.80 Å². The number of nitrogens with zero attached hydrogens (tertiary/aromatic N) is 2. The molecule has 4 fully saturated rings. The van der Waals surface area contributed by atoms with Crippen LogP contribution in [0.1, 0.15) is 46.0 Å². The molecule has 0 aromatic carbocycles. The summed E-state index contributed by atoms with van der Waals surface area (Å²) in [5, 5.41) is 23.3. The number of fused-ring (bicyclic) bond motifs is 5. The highest BCUT2D eigenvalue weighted by Crippen LogP contribution is 2.67. The molecule has 184 valence electrons. The van der Waals surface area contributed by atoms with E-state index in [-0.39, 0.29) is 47.1 Å². The maximum atomic E-state index is 13.5. The molecule has 0 radical (unpaired) electrons. The standard InChI is InChI=1S/C26H38N2O4.ClH/c1-24-8-6-18(29)14-17(24)4-5-19-20-7-9-26(32,25(20,2)15-21(30)23(19)24)22(31)16-28-12-10-27(3)11-13-28;/h6,8,14,19-21,23,30,32H,4-5,7,9-13,15-16H2,1-3H3;1H/t19-,20-,21-,23+,24-,25-,26-;/m0./s1. The number of likely N-dealkylation sites (N-methyl/N-ethyl adjacent to an activating group) is 1. The number of allylic oxidation sites excluding steroid dienone is 4. The van der Waals surface area contributed by atoms with Crippen molar-refractivity contribution < 1.29 is 19.8 Å². The average Bonchev–Trinajstić information content (AvgIpc) is 3.01. The van der Waals surface area contributed by atoms with E-state index in [1.807, 2.05) is 6.08 Å². The molecule has 6 nitrogen and oxygen atoms in total. The predicted molar refractivity (Wildman–Crippen MR) is 129 cm³/mol. The van der Waals surface area contributed by atoms with Gasteiger partial charge in [0.25, 0.3) is 0 Å². The molecule has 1 aliphatic heterocycles. The summed E-state index contributed by atoms with van der Waals surface area (Å²) < 4.78 is 0. The Bertz CT molecular complexity index is 882. The molecule has 5 rings (SSSR count). The molecule has 0 amide bonds. The van der Waals surface area contributed by atoms with Crippen molar-refractivity contribution in [1.29, 1.82) is 0 Å². The summed E-state index contributed by atoms with van der Waals surface area (Å²) in [4.78, 5) is 29.9. The largest absolute Gasteiger partial charge is 0.393 e. The van der Waals surface area contributed by atoms with Crippen LogP contribution in [0.5, 0.6) is 0 Å². The molecular weight excluding hydrogens is 440 g/mol. The fraction of sp³-hybridized carbons (Fsp3) is 0.769. The molecule has 5 aliphatic rings. The average molecular weight is 479 g/mol. The maximum Gasteiger partial charge on any atom is 0.178 e. The van der Waals surface area contributed by atoms with Crippen LogP contribution in [0.2, 0.25) is 0 Å². The second-order valence-corrected chi connectivity index (χ2v) is 11.6. The van der Waals surface area contributed by atoms with Crippen LogP contribution in [0.4, 0.5) is 0 Å². The van der Waals surface area contributed by atoms with E-state index < -0.39 is 17.1 Å². The molecule has 2 N–H and O–H groups in total. The Balaban J connectivity index is 0.00000259. The molecule has 1 heterocycles. The first-order chi connectivity index (χ1) is 15.1. The number of aliphatic hydroxyl groups is 2. The van der Waals surface area contributed by atoms with Gasteiger partial charge < -0.3 is 15.1 Å². The van der Waals surface area contributed by atoms with Gasteiger partial charge in [-0.05, 0) is 63.1 Å². The first kappa shape index (κ1) is 25.1. The fourth-order valence-corrected chi connectivity index (χ4v) is 8.13. The number of piperazine rings is 1. The Morgan fingerprint density at radius 2 is 1.88 bits per heavy atom. The molecule has 33 heavy (non-hydrogen) atoms. The van der Waals surface area contributed by atoms with Crippen LogP contribution in [-0.4, -0.2) is 83.1 Å². The van der Waals surface area contributed by atoms with E-state index in [4.69, 9.17) is 0 Å². The SMILES string of the molecule is CN1CCN(CC(=O)[C@@]2(O)CC[C@H]3[C@@H]4CCC5=CC(=O)C=C[C@]5(C)[C@H]4[C@@H](O)C[C@@]32C)CC1.Cl. The van der Waals surface area contributed by atoms with Gasteiger partial charge in [-0.15, -0.1) is 12.4 Å². The molecule has 1 saturated heterocycles. The number of carbonyl (C=O) groups is 2. The van der Waals surface area contributed by atoms with Crippen LogP contribution >= 0.6 is 12.4 Å². The van der Waals surface area contributed by atoms with Crippen molar-refractivity contribution in [3.8, 4) is 0 Å². The summed E-state index contributed by atoms with van der Waals surface area (Å²) in [6, 6.07) is 0. The van der Waals surface area contributed by atoms with Gasteiger partial charge in [0.2, 0.25) is 0 Å². The highest BCUT2D eigenvalue weighted by atomic mass is 35.5. The minimum absolute atomic E-state index is 0. The third-order valence-electron chi connectivity index (χ3n) is 10.1. The van der Waals surface area contributed by atoms with Crippen molar-refractivity contribution in [2.75, 3.05) is 39.8 Å². The number of Topliss-reactive ketones (excluding diaryl/α,β-unsaturated/α-hetero) is 1. The van der Waals surface area contributed by atoms with Gasteiger partial charge in [-0.1, -0.05) is 25.5 Å². The van der Waals surface area contributed by atoms with Crippen LogP contribution in [0.15, 0.2) is 23.8 Å². The fourth-order valence-electron chi connectivity index (χ4n) is 8.13. The summed E-state index contributed by atoms with van der Waals surface area (Å²) in [5.41, 5.74) is -1.17. The topological polar surface area (TPSA) is 81.1 Å². The van der Waals surface area contributed by atoms with Crippen molar-refractivity contribution in [2.45, 2.75) is 57.7 Å². The molecule has 3 saturated carbocycles. The number of aliphatic hydroxyl groups excluding tert-OH is 1. The van der Waals surface area contributed by atoms with E-state index in [0.29, 0.717) is 19.4 Å². The third kappa shape index (κ3) is 3.68. The van der Waals surface area contributed by atoms with Gasteiger partial charge in [0.15, 0.2) is 11.6 Å². The van der Waals surface area contributed by atoms with Crippen molar-refractivity contribution >= 4 is 24.0 Å². The normalized spacial score (nSPS) is 45.5. The Kier molecular flexibility index (Phi) is 6.50. The lowest BCUT2D eigenvalue weighted by atomic mass is 9.46. The monoisotopic (exact) mass is 478 g/mol. The van der Waals surface area contributed by atoms with Gasteiger partial charge >= 0.3 is 0 Å². The predicted octanol–water partition coefficient (Wildman–Crippen LogP) is 2.23. The molecule has 0 unspecified atom stereocenters. The van der Waals surface area contributed by atoms with Crippen LogP contribution < -0.4 is 0 Å². The van der Waals surface area contributed by atoms with Gasteiger partial charge in [-0.2, -0.15) is 0 Å². The Hall–Kier alpha value is -1.05. The van der Waals surface area contributed by atoms with E-state index in [1.165, 1.54) is 0 Å². The number of hydrogen-bond donors (Lipinski definition) is 2. The number of hydrogen-bond acceptors (Lipinski definition) is 6. The minimum atomic E-state index is -1.37. The number of ketones is 2. The van der Waals surface area contributed by atoms with Crippen LogP contribution in [-0.2, 0) is 9.59 Å². The van der Waals surface area contributed by atoms with E-state index in [0.717, 1.165) is 51.0 Å². The summed E-state index contributed by atoms with van der Waals surface area (Å²) in [5.74, 6) is 0.454. The van der Waals surface area contributed by atoms with E-state index in [1.54, 1.807) is 12.2 Å². The molecule has 0 bridgehead atoms. The molecule has 0 aromatic rings. The summed E-state index contributed by atoms with van der Waals surface area (Å²) in [6.45, 7) is 8.10. The second-order valence-electron chi connectivity index (χ2n) is 11.6. The summed E-state index contributed by atoms with van der Waals surface area (Å²) in [6.07, 6.45) is 8.33. The molecular formula is C26H39ClN2O4. The van der Waals surface area contributed by atoms with Crippen LogP contribution in [0, 0.1) is 28.6 Å². The lowest BCUT2D eigenvalue weighted by Gasteiger charge is -2.59. The quantitative estimate of drug-likeness (QED) is 0.647. The lowest BCUT2D eigenvalue weighted by Crippen LogP contribution is -2.62. The molecule has 0 spiro atoms. The van der Waals surface area contributed by atoms with E-state index in [2.05, 4.69) is 30.7 Å². The highest BCUT2D eigenvalue weighted by molar-refractivity contribution is 6.01. The Morgan fingerprint density at radius 3 is 2.58 bits per heavy atom. The Labute approximate surface area is 203 Å². The minimum Gasteiger partial charge on any atom is -0.393 e. The van der Waals surface area contributed by atoms with Gasteiger partial charge in [-0.3, -0.25) is 14.5 Å². The smallest absolute Gasteiger partial charge is 0.178 e. The first-order valence-corrected chi connectivity index (χ1v) is 12.4. The van der Waals surface area contributed by atoms with Crippen molar-refractivity contribution in [2.24, 2.45) is 28.6 Å². The summed E-state index contributed by atoms with van der Waals surface area (Å²) >= 11 is 0. The number of rotatable bonds is 3.